The molecule has 192 valence electrons. The summed E-state index contributed by atoms with van der Waals surface area (Å²) in [5.74, 6) is -1.43. The lowest BCUT2D eigenvalue weighted by atomic mass is 10.00. The van der Waals surface area contributed by atoms with Crippen LogP contribution in [0.2, 0.25) is 0 Å². The largest absolute Gasteiger partial charge is 0.508 e. The molecule has 6 N–H and O–H groups in total. The van der Waals surface area contributed by atoms with E-state index in [1.807, 2.05) is 19.9 Å². The highest BCUT2D eigenvalue weighted by Gasteiger charge is 2.44. The van der Waals surface area contributed by atoms with E-state index in [4.69, 9.17) is 13.9 Å². The minimum absolute atomic E-state index is 0.0409. The van der Waals surface area contributed by atoms with Gasteiger partial charge in [0.2, 0.25) is 17.5 Å². The highest BCUT2D eigenvalue weighted by atomic mass is 16.7. The number of benzene rings is 2. The number of fused-ring (bicyclic) bond motifs is 1. The van der Waals surface area contributed by atoms with E-state index in [1.165, 1.54) is 31.2 Å². The third-order valence-corrected chi connectivity index (χ3v) is 6.07. The van der Waals surface area contributed by atoms with Crippen LogP contribution < -0.4 is 10.2 Å². The van der Waals surface area contributed by atoms with E-state index in [2.05, 4.69) is 0 Å². The molecular formula is C26H28O10. The number of aromatic hydroxyl groups is 3. The second-order valence-corrected chi connectivity index (χ2v) is 9.02. The monoisotopic (exact) mass is 500 g/mol. The number of aliphatic hydroxyl groups excluding tert-OH is 3. The van der Waals surface area contributed by atoms with Gasteiger partial charge in [-0.25, -0.2) is 0 Å². The van der Waals surface area contributed by atoms with Crippen molar-refractivity contribution in [2.24, 2.45) is 0 Å². The maximum absolute atomic E-state index is 13.7. The fourth-order valence-corrected chi connectivity index (χ4v) is 4.01. The fourth-order valence-electron chi connectivity index (χ4n) is 4.01. The lowest BCUT2D eigenvalue weighted by Gasteiger charge is -2.38. The van der Waals surface area contributed by atoms with Crippen LogP contribution in [0.5, 0.6) is 23.0 Å². The van der Waals surface area contributed by atoms with E-state index >= 15 is 0 Å². The first-order valence-electron chi connectivity index (χ1n) is 11.3. The molecule has 2 aromatic carbocycles. The van der Waals surface area contributed by atoms with Gasteiger partial charge in [0.1, 0.15) is 46.5 Å². The Morgan fingerprint density at radius 1 is 1.00 bits per heavy atom. The van der Waals surface area contributed by atoms with Crippen LogP contribution in [0.3, 0.4) is 0 Å². The molecular weight excluding hydrogens is 472 g/mol. The highest BCUT2D eigenvalue weighted by Crippen LogP contribution is 2.40. The van der Waals surface area contributed by atoms with Gasteiger partial charge in [0, 0.05) is 17.2 Å². The molecule has 0 bridgehead atoms. The molecule has 36 heavy (non-hydrogen) atoms. The zero-order valence-electron chi connectivity index (χ0n) is 19.9. The minimum atomic E-state index is -1.71. The standard InChI is InChI=1S/C26H28O10/c1-11(2)4-9-15-16(28)10-17(29)18-20(31)25(36-26-22(33)21(32)19(30)12(3)34-26)23(35-24(15)18)13-5-7-14(27)8-6-13/h4-8,10,12,19,21-22,26-30,32-33H,9H2,1-3H3/t12-,19-,21-,22-,26+/m0/s1. The van der Waals surface area contributed by atoms with Gasteiger partial charge in [-0.3, -0.25) is 4.79 Å². The third kappa shape index (κ3) is 4.63. The van der Waals surface area contributed by atoms with E-state index in [1.54, 1.807) is 0 Å². The zero-order valence-corrected chi connectivity index (χ0v) is 19.9. The van der Waals surface area contributed by atoms with Gasteiger partial charge in [-0.1, -0.05) is 11.6 Å². The van der Waals surface area contributed by atoms with Crippen LogP contribution in [0, 0.1) is 0 Å². The van der Waals surface area contributed by atoms with Gasteiger partial charge >= 0.3 is 0 Å². The summed E-state index contributed by atoms with van der Waals surface area (Å²) in [4.78, 5) is 13.7. The number of hydrogen-bond acceptors (Lipinski definition) is 10. The molecule has 4 rings (SSSR count). The van der Waals surface area contributed by atoms with Crippen LogP contribution in [-0.4, -0.2) is 61.3 Å². The van der Waals surface area contributed by atoms with Crippen LogP contribution in [0.4, 0.5) is 0 Å². The Morgan fingerprint density at radius 2 is 1.67 bits per heavy atom. The predicted molar refractivity (Wildman–Crippen MR) is 129 cm³/mol. The first-order chi connectivity index (χ1) is 17.0. The molecule has 0 aliphatic carbocycles. The lowest BCUT2D eigenvalue weighted by Crippen LogP contribution is -2.58. The molecule has 0 spiro atoms. The summed E-state index contributed by atoms with van der Waals surface area (Å²) < 4.78 is 17.3. The summed E-state index contributed by atoms with van der Waals surface area (Å²) in [5, 5.41) is 61.1. The molecule has 2 heterocycles. The predicted octanol–water partition coefficient (Wildman–Crippen LogP) is 2.29. The van der Waals surface area contributed by atoms with Gasteiger partial charge in [0.15, 0.2) is 5.76 Å². The normalized spacial score (nSPS) is 24.0. The van der Waals surface area contributed by atoms with E-state index in [0.717, 1.165) is 11.6 Å². The molecule has 5 atom stereocenters. The van der Waals surface area contributed by atoms with Gasteiger partial charge in [-0.05, 0) is 51.5 Å². The van der Waals surface area contributed by atoms with Gasteiger partial charge < -0.3 is 44.5 Å². The van der Waals surface area contributed by atoms with E-state index in [9.17, 15) is 35.4 Å². The third-order valence-electron chi connectivity index (χ3n) is 6.07. The number of ether oxygens (including phenoxy) is 2. The fraction of sp³-hybridized carbons (Fsp3) is 0.346. The average Bonchev–Trinajstić information content (AvgIpc) is 2.82. The molecule has 0 radical (unpaired) electrons. The second-order valence-electron chi connectivity index (χ2n) is 9.02. The number of phenolic OH excluding ortho intramolecular Hbond substituents is 3. The molecule has 1 saturated heterocycles. The number of aliphatic hydroxyl groups is 3. The smallest absolute Gasteiger partial charge is 0.239 e. The first kappa shape index (κ1) is 25.5. The van der Waals surface area contributed by atoms with E-state index in [0.29, 0.717) is 5.56 Å². The first-order valence-corrected chi connectivity index (χ1v) is 11.3. The Bertz CT molecular complexity index is 1350. The summed E-state index contributed by atoms with van der Waals surface area (Å²) in [6, 6.07) is 6.68. The minimum Gasteiger partial charge on any atom is -0.508 e. The molecule has 0 amide bonds. The maximum atomic E-state index is 13.7. The van der Waals surface area contributed by atoms with Crippen LogP contribution in [-0.2, 0) is 11.2 Å². The Kier molecular flexibility index (Phi) is 6.96. The molecule has 1 aliphatic rings. The summed E-state index contributed by atoms with van der Waals surface area (Å²) in [5.41, 5.74) is 0.624. The molecule has 0 saturated carbocycles. The van der Waals surface area contributed by atoms with Crippen molar-refractivity contribution in [1.82, 2.24) is 0 Å². The van der Waals surface area contributed by atoms with Crippen molar-refractivity contribution in [3.05, 3.63) is 57.8 Å². The van der Waals surface area contributed by atoms with Crippen molar-refractivity contribution < 1.29 is 44.5 Å². The van der Waals surface area contributed by atoms with Crippen LogP contribution >= 0.6 is 0 Å². The van der Waals surface area contributed by atoms with E-state index in [-0.39, 0.29) is 40.2 Å². The molecule has 3 aromatic rings. The molecule has 0 unspecified atom stereocenters. The average molecular weight is 501 g/mol. The molecule has 10 nitrogen and oxygen atoms in total. The summed E-state index contributed by atoms with van der Waals surface area (Å²) >= 11 is 0. The van der Waals surface area contributed by atoms with Crippen molar-refractivity contribution in [2.45, 2.75) is 57.9 Å². The van der Waals surface area contributed by atoms with Gasteiger partial charge in [0.25, 0.3) is 0 Å². The van der Waals surface area contributed by atoms with E-state index < -0.39 is 47.6 Å². The number of allylic oxidation sites excluding steroid dienone is 2. The zero-order chi connectivity index (χ0) is 26.3. The Labute approximate surface area is 205 Å². The van der Waals surface area contributed by atoms with Crippen molar-refractivity contribution in [2.75, 3.05) is 0 Å². The SMILES string of the molecule is CC(C)=CCc1c(O)cc(O)c2c(=O)c(O[C@H]3O[C@@H](C)[C@H](O)[C@H](O)[C@@H]3O)c(-c3ccc(O)cc3)oc12. The Hall–Kier alpha value is -3.57. The van der Waals surface area contributed by atoms with Gasteiger partial charge in [-0.2, -0.15) is 0 Å². The highest BCUT2D eigenvalue weighted by molar-refractivity contribution is 5.91. The van der Waals surface area contributed by atoms with Gasteiger partial charge in [-0.15, -0.1) is 0 Å². The van der Waals surface area contributed by atoms with Crippen LogP contribution in [0.25, 0.3) is 22.3 Å². The molecule has 1 fully saturated rings. The quantitative estimate of drug-likeness (QED) is 0.286. The summed E-state index contributed by atoms with van der Waals surface area (Å²) in [6.07, 6.45) is -5.16. The topological polar surface area (TPSA) is 170 Å². The maximum Gasteiger partial charge on any atom is 0.239 e. The summed E-state index contributed by atoms with van der Waals surface area (Å²) in [6.45, 7) is 5.20. The number of hydrogen-bond donors (Lipinski definition) is 6. The lowest BCUT2D eigenvalue weighted by molar-refractivity contribution is -0.268. The molecule has 10 heteroatoms. The Balaban J connectivity index is 1.97. The van der Waals surface area contributed by atoms with Crippen molar-refractivity contribution >= 4 is 11.0 Å². The molecule has 1 aromatic heterocycles. The Morgan fingerprint density at radius 3 is 2.31 bits per heavy atom. The van der Waals surface area contributed by atoms with Crippen LogP contribution in [0.1, 0.15) is 26.3 Å². The van der Waals surface area contributed by atoms with Gasteiger partial charge in [0.05, 0.1) is 6.10 Å². The van der Waals surface area contributed by atoms with Crippen molar-refractivity contribution in [1.29, 1.82) is 0 Å². The van der Waals surface area contributed by atoms with Crippen molar-refractivity contribution in [3.63, 3.8) is 0 Å². The molecule has 1 aliphatic heterocycles. The number of phenols is 3. The van der Waals surface area contributed by atoms with Crippen LogP contribution in [0.15, 0.2) is 51.2 Å². The second kappa shape index (κ2) is 9.82. The summed E-state index contributed by atoms with van der Waals surface area (Å²) in [7, 11) is 0. The van der Waals surface area contributed by atoms with Crippen molar-refractivity contribution in [3.8, 4) is 34.3 Å². The number of rotatable bonds is 5.